The maximum absolute atomic E-state index is 6.24. The highest BCUT2D eigenvalue weighted by molar-refractivity contribution is 9.10. The van der Waals surface area contributed by atoms with Crippen molar-refractivity contribution in [3.05, 3.63) is 34.3 Å². The zero-order chi connectivity index (χ0) is 12.8. The first-order chi connectivity index (χ1) is 8.75. The zero-order valence-electron chi connectivity index (χ0n) is 10.6. The number of rotatable bonds is 4. The third kappa shape index (κ3) is 4.35. The number of nitrogens with two attached hydrogens (primary N) is 1. The van der Waals surface area contributed by atoms with Crippen molar-refractivity contribution in [2.24, 2.45) is 5.73 Å². The summed E-state index contributed by atoms with van der Waals surface area (Å²) in [5, 5.41) is 0. The van der Waals surface area contributed by atoms with Gasteiger partial charge in [-0.05, 0) is 30.5 Å². The molecule has 0 saturated carbocycles. The number of ether oxygens (including phenoxy) is 1. The average Bonchev–Trinajstić information content (AvgIpc) is 2.64. The van der Waals surface area contributed by atoms with E-state index in [4.69, 9.17) is 10.5 Å². The maximum atomic E-state index is 6.24. The highest BCUT2D eigenvalue weighted by Crippen LogP contribution is 2.19. The first-order valence-corrected chi connectivity index (χ1v) is 7.36. The SMILES string of the molecule is NC(CCN1CCCOCC1)c1cccc(Br)c1. The fourth-order valence-corrected chi connectivity index (χ4v) is 2.66. The molecule has 1 aromatic rings. The Labute approximate surface area is 117 Å². The second-order valence-electron chi connectivity index (χ2n) is 4.76. The first-order valence-electron chi connectivity index (χ1n) is 6.57. The highest BCUT2D eigenvalue weighted by atomic mass is 79.9. The topological polar surface area (TPSA) is 38.5 Å². The Balaban J connectivity index is 1.82. The summed E-state index contributed by atoms with van der Waals surface area (Å²) < 4.78 is 6.55. The molecule has 1 aromatic carbocycles. The van der Waals surface area contributed by atoms with E-state index in [0.717, 1.165) is 50.2 Å². The van der Waals surface area contributed by atoms with E-state index in [2.05, 4.69) is 33.0 Å². The number of nitrogens with zero attached hydrogens (tertiary/aromatic N) is 1. The van der Waals surface area contributed by atoms with E-state index in [0.29, 0.717) is 0 Å². The van der Waals surface area contributed by atoms with Crippen molar-refractivity contribution < 1.29 is 4.74 Å². The van der Waals surface area contributed by atoms with Crippen LogP contribution in [0.3, 0.4) is 0 Å². The van der Waals surface area contributed by atoms with Gasteiger partial charge in [0, 0.05) is 36.8 Å². The summed E-state index contributed by atoms with van der Waals surface area (Å²) in [6.07, 6.45) is 2.13. The number of hydrogen-bond donors (Lipinski definition) is 1. The fraction of sp³-hybridized carbons (Fsp3) is 0.571. The number of hydrogen-bond acceptors (Lipinski definition) is 3. The fourth-order valence-electron chi connectivity index (χ4n) is 2.25. The van der Waals surface area contributed by atoms with Gasteiger partial charge in [0.05, 0.1) is 6.61 Å². The summed E-state index contributed by atoms with van der Waals surface area (Å²) in [6.45, 7) is 4.97. The highest BCUT2D eigenvalue weighted by Gasteiger charge is 2.12. The minimum atomic E-state index is 0.117. The summed E-state index contributed by atoms with van der Waals surface area (Å²) in [5.41, 5.74) is 7.45. The van der Waals surface area contributed by atoms with Gasteiger partial charge in [-0.25, -0.2) is 0 Å². The second-order valence-corrected chi connectivity index (χ2v) is 5.67. The Bertz CT molecular complexity index is 365. The standard InChI is InChI=1S/C14H21BrN2O/c15-13-4-1-3-12(11-13)14(16)5-7-17-6-2-9-18-10-8-17/h1,3-4,11,14H,2,5-10,16H2. The second kappa shape index (κ2) is 7.24. The molecule has 0 bridgehead atoms. The summed E-state index contributed by atoms with van der Waals surface area (Å²) in [6, 6.07) is 8.39. The van der Waals surface area contributed by atoms with Crippen molar-refractivity contribution in [3.63, 3.8) is 0 Å². The molecular formula is C14H21BrN2O. The van der Waals surface area contributed by atoms with Crippen LogP contribution in [0.1, 0.15) is 24.4 Å². The van der Waals surface area contributed by atoms with Crippen molar-refractivity contribution in [2.75, 3.05) is 32.8 Å². The molecule has 3 nitrogen and oxygen atoms in total. The normalized spacial score (nSPS) is 19.4. The van der Waals surface area contributed by atoms with Crippen LogP contribution in [0, 0.1) is 0 Å². The lowest BCUT2D eigenvalue weighted by molar-refractivity contribution is 0.141. The van der Waals surface area contributed by atoms with E-state index in [-0.39, 0.29) is 6.04 Å². The van der Waals surface area contributed by atoms with Crippen molar-refractivity contribution >= 4 is 15.9 Å². The Kier molecular flexibility index (Phi) is 5.63. The molecule has 1 aliphatic heterocycles. The minimum absolute atomic E-state index is 0.117. The maximum Gasteiger partial charge on any atom is 0.0593 e. The minimum Gasteiger partial charge on any atom is -0.380 e. The van der Waals surface area contributed by atoms with Gasteiger partial charge in [0.25, 0.3) is 0 Å². The summed E-state index contributed by atoms with van der Waals surface area (Å²) >= 11 is 3.49. The van der Waals surface area contributed by atoms with E-state index in [1.807, 2.05) is 12.1 Å². The Morgan fingerprint density at radius 3 is 3.06 bits per heavy atom. The molecule has 0 aromatic heterocycles. The molecular weight excluding hydrogens is 292 g/mol. The molecule has 100 valence electrons. The van der Waals surface area contributed by atoms with Gasteiger partial charge < -0.3 is 15.4 Å². The summed E-state index contributed by atoms with van der Waals surface area (Å²) in [5.74, 6) is 0. The third-order valence-electron chi connectivity index (χ3n) is 3.35. The lowest BCUT2D eigenvalue weighted by Gasteiger charge is -2.21. The van der Waals surface area contributed by atoms with Gasteiger partial charge in [-0.1, -0.05) is 28.1 Å². The van der Waals surface area contributed by atoms with Crippen LogP contribution < -0.4 is 5.73 Å². The first kappa shape index (κ1) is 14.0. The quantitative estimate of drug-likeness (QED) is 0.928. The predicted molar refractivity (Wildman–Crippen MR) is 77.6 cm³/mol. The molecule has 2 N–H and O–H groups in total. The molecule has 1 atom stereocenters. The Morgan fingerprint density at radius 1 is 1.33 bits per heavy atom. The monoisotopic (exact) mass is 312 g/mol. The summed E-state index contributed by atoms with van der Waals surface area (Å²) in [4.78, 5) is 2.45. The van der Waals surface area contributed by atoms with Crippen LogP contribution in [-0.4, -0.2) is 37.7 Å². The van der Waals surface area contributed by atoms with Gasteiger partial charge in [0.2, 0.25) is 0 Å². The predicted octanol–water partition coefficient (Wildman–Crippen LogP) is 2.56. The van der Waals surface area contributed by atoms with Gasteiger partial charge >= 0.3 is 0 Å². The molecule has 0 spiro atoms. The van der Waals surface area contributed by atoms with E-state index < -0.39 is 0 Å². The molecule has 1 saturated heterocycles. The van der Waals surface area contributed by atoms with Gasteiger partial charge in [-0.2, -0.15) is 0 Å². The van der Waals surface area contributed by atoms with Crippen molar-refractivity contribution in [1.29, 1.82) is 0 Å². The van der Waals surface area contributed by atoms with Gasteiger partial charge in [0.15, 0.2) is 0 Å². The molecule has 1 aliphatic rings. The molecule has 1 fully saturated rings. The van der Waals surface area contributed by atoms with Crippen LogP contribution in [0.5, 0.6) is 0 Å². The molecule has 1 unspecified atom stereocenters. The van der Waals surface area contributed by atoms with Crippen LogP contribution >= 0.6 is 15.9 Å². The van der Waals surface area contributed by atoms with E-state index in [9.17, 15) is 0 Å². The molecule has 0 aliphatic carbocycles. The van der Waals surface area contributed by atoms with Crippen molar-refractivity contribution in [3.8, 4) is 0 Å². The van der Waals surface area contributed by atoms with Crippen LogP contribution in [-0.2, 0) is 4.74 Å². The van der Waals surface area contributed by atoms with Crippen LogP contribution in [0.15, 0.2) is 28.7 Å². The largest absolute Gasteiger partial charge is 0.380 e. The molecule has 2 rings (SSSR count). The Hall–Kier alpha value is -0.420. The summed E-state index contributed by atoms with van der Waals surface area (Å²) in [7, 11) is 0. The van der Waals surface area contributed by atoms with Crippen molar-refractivity contribution in [1.82, 2.24) is 4.90 Å². The third-order valence-corrected chi connectivity index (χ3v) is 3.84. The smallest absolute Gasteiger partial charge is 0.0593 e. The lowest BCUT2D eigenvalue weighted by Crippen LogP contribution is -2.29. The molecule has 0 amide bonds. The molecule has 4 heteroatoms. The lowest BCUT2D eigenvalue weighted by atomic mass is 10.0. The van der Waals surface area contributed by atoms with Gasteiger partial charge in [-0.3, -0.25) is 0 Å². The van der Waals surface area contributed by atoms with E-state index >= 15 is 0 Å². The van der Waals surface area contributed by atoms with Crippen LogP contribution in [0.4, 0.5) is 0 Å². The number of halogens is 1. The van der Waals surface area contributed by atoms with Gasteiger partial charge in [0.1, 0.15) is 0 Å². The molecule has 18 heavy (non-hydrogen) atoms. The van der Waals surface area contributed by atoms with Crippen LogP contribution in [0.2, 0.25) is 0 Å². The molecule has 0 radical (unpaired) electrons. The van der Waals surface area contributed by atoms with Crippen LogP contribution in [0.25, 0.3) is 0 Å². The van der Waals surface area contributed by atoms with E-state index in [1.165, 1.54) is 5.56 Å². The van der Waals surface area contributed by atoms with Crippen molar-refractivity contribution in [2.45, 2.75) is 18.9 Å². The van der Waals surface area contributed by atoms with Gasteiger partial charge in [-0.15, -0.1) is 0 Å². The zero-order valence-corrected chi connectivity index (χ0v) is 12.2. The average molecular weight is 313 g/mol. The Morgan fingerprint density at radius 2 is 2.22 bits per heavy atom. The number of benzene rings is 1. The molecule has 1 heterocycles. The van der Waals surface area contributed by atoms with E-state index in [1.54, 1.807) is 0 Å².